The minimum absolute atomic E-state index is 0.0139. The number of amides is 2. The molecule has 1 aliphatic rings. The van der Waals surface area contributed by atoms with E-state index >= 15 is 0 Å². The summed E-state index contributed by atoms with van der Waals surface area (Å²) in [7, 11) is 1.64. The van der Waals surface area contributed by atoms with Crippen LogP contribution in [0.15, 0.2) is 54.7 Å². The maximum absolute atomic E-state index is 12.6. The van der Waals surface area contributed by atoms with Crippen LogP contribution in [0.25, 0.3) is 10.9 Å². The summed E-state index contributed by atoms with van der Waals surface area (Å²) in [6.07, 6.45) is 1.77. The number of pyridine rings is 1. The number of carbonyl (C=O) groups is 3. The van der Waals surface area contributed by atoms with E-state index in [9.17, 15) is 14.4 Å². The third-order valence-electron chi connectivity index (χ3n) is 4.85. The quantitative estimate of drug-likeness (QED) is 0.677. The first-order valence-electron chi connectivity index (χ1n) is 9.23. The monoisotopic (exact) mass is 389 g/mol. The Morgan fingerprint density at radius 3 is 2.83 bits per heavy atom. The lowest BCUT2D eigenvalue weighted by Gasteiger charge is -2.26. The first-order chi connectivity index (χ1) is 14.0. The fourth-order valence-electron chi connectivity index (χ4n) is 3.23. The van der Waals surface area contributed by atoms with Crippen molar-refractivity contribution >= 4 is 39.9 Å². The van der Waals surface area contributed by atoms with E-state index in [1.54, 1.807) is 37.5 Å². The average Bonchev–Trinajstić information content (AvgIpc) is 2.75. The van der Waals surface area contributed by atoms with Crippen molar-refractivity contribution in [3.05, 3.63) is 60.3 Å². The molecule has 0 atom stereocenters. The number of hydrogen-bond acceptors (Lipinski definition) is 5. The van der Waals surface area contributed by atoms with Crippen molar-refractivity contribution in [1.82, 2.24) is 4.98 Å². The minimum Gasteiger partial charge on any atom is -0.482 e. The summed E-state index contributed by atoms with van der Waals surface area (Å²) in [4.78, 5) is 42.5. The van der Waals surface area contributed by atoms with Crippen LogP contribution in [0.3, 0.4) is 0 Å². The predicted molar refractivity (Wildman–Crippen MR) is 109 cm³/mol. The second-order valence-corrected chi connectivity index (χ2v) is 6.78. The van der Waals surface area contributed by atoms with Crippen molar-refractivity contribution < 1.29 is 19.1 Å². The molecule has 0 saturated heterocycles. The summed E-state index contributed by atoms with van der Waals surface area (Å²) in [6.45, 7) is -0.0139. The molecular formula is C22H19N3O4. The van der Waals surface area contributed by atoms with Gasteiger partial charge in [-0.15, -0.1) is 0 Å². The summed E-state index contributed by atoms with van der Waals surface area (Å²) >= 11 is 0. The van der Waals surface area contributed by atoms with Gasteiger partial charge in [-0.3, -0.25) is 19.4 Å². The van der Waals surface area contributed by atoms with Gasteiger partial charge in [0.25, 0.3) is 5.91 Å². The van der Waals surface area contributed by atoms with Crippen molar-refractivity contribution in [2.75, 3.05) is 23.9 Å². The number of ketones is 1. The number of nitrogens with one attached hydrogen (secondary N) is 1. The zero-order valence-electron chi connectivity index (χ0n) is 15.8. The molecule has 0 saturated carbocycles. The van der Waals surface area contributed by atoms with Gasteiger partial charge in [0.1, 0.15) is 5.75 Å². The molecule has 4 rings (SSSR count). The Kier molecular flexibility index (Phi) is 4.95. The third-order valence-corrected chi connectivity index (χ3v) is 4.85. The number of Topliss-reactive ketones (excluding diaryl/α,β-unsaturated/α-hetero) is 1. The Morgan fingerprint density at radius 2 is 1.97 bits per heavy atom. The Balaban J connectivity index is 1.42. The van der Waals surface area contributed by atoms with Gasteiger partial charge in [-0.05, 0) is 30.3 Å². The number of aromatic nitrogens is 1. The molecule has 1 aliphatic heterocycles. The molecule has 1 N–H and O–H groups in total. The van der Waals surface area contributed by atoms with Crippen molar-refractivity contribution in [1.29, 1.82) is 0 Å². The number of hydrogen-bond donors (Lipinski definition) is 1. The van der Waals surface area contributed by atoms with Crippen LogP contribution >= 0.6 is 0 Å². The highest BCUT2D eigenvalue weighted by Gasteiger charge is 2.23. The topological polar surface area (TPSA) is 88.6 Å². The van der Waals surface area contributed by atoms with Gasteiger partial charge in [0.2, 0.25) is 5.91 Å². The molecule has 2 aromatic carbocycles. The standard InChI is InChI=1S/C22H19N3O4/c1-25-17-12-15(7-9-19(17)29-13-21(25)28)18(26)8-10-20(27)24-16-6-2-4-14-5-3-11-23-22(14)16/h2-7,9,11-12H,8,10,13H2,1H3,(H,24,27). The van der Waals surface area contributed by atoms with Crippen LogP contribution in [0.2, 0.25) is 0 Å². The lowest BCUT2D eigenvalue weighted by atomic mass is 10.0. The number of nitrogens with zero attached hydrogens (tertiary/aromatic N) is 2. The fraction of sp³-hybridized carbons (Fsp3) is 0.182. The van der Waals surface area contributed by atoms with Crippen molar-refractivity contribution in [2.24, 2.45) is 0 Å². The van der Waals surface area contributed by atoms with Gasteiger partial charge in [-0.25, -0.2) is 0 Å². The highest BCUT2D eigenvalue weighted by atomic mass is 16.5. The predicted octanol–water partition coefficient (Wildman–Crippen LogP) is 3.19. The lowest BCUT2D eigenvalue weighted by molar-refractivity contribution is -0.121. The molecule has 0 fully saturated rings. The minimum atomic E-state index is -0.259. The molecule has 7 nitrogen and oxygen atoms in total. The molecule has 0 bridgehead atoms. The zero-order chi connectivity index (χ0) is 20.4. The summed E-state index contributed by atoms with van der Waals surface area (Å²) in [5, 5.41) is 3.76. The summed E-state index contributed by atoms with van der Waals surface area (Å²) in [5.74, 6) is -0.0504. The highest BCUT2D eigenvalue weighted by molar-refractivity contribution is 6.04. The van der Waals surface area contributed by atoms with E-state index in [2.05, 4.69) is 10.3 Å². The van der Waals surface area contributed by atoms with Crippen LogP contribution < -0.4 is 15.0 Å². The summed E-state index contributed by atoms with van der Waals surface area (Å²) < 4.78 is 5.37. The molecule has 0 radical (unpaired) electrons. The number of para-hydroxylation sites is 1. The normalized spacial score (nSPS) is 13.0. The van der Waals surface area contributed by atoms with E-state index in [-0.39, 0.29) is 37.0 Å². The molecule has 0 unspecified atom stereocenters. The average molecular weight is 389 g/mol. The van der Waals surface area contributed by atoms with E-state index in [0.29, 0.717) is 28.2 Å². The Labute approximate surface area is 167 Å². The maximum Gasteiger partial charge on any atom is 0.264 e. The number of anilines is 2. The van der Waals surface area contributed by atoms with Crippen LogP contribution in [0.1, 0.15) is 23.2 Å². The summed E-state index contributed by atoms with van der Waals surface area (Å²) in [6, 6.07) is 14.3. The van der Waals surface area contributed by atoms with E-state index in [4.69, 9.17) is 4.74 Å². The number of fused-ring (bicyclic) bond motifs is 2. The largest absolute Gasteiger partial charge is 0.482 e. The molecule has 3 aromatic rings. The molecule has 1 aromatic heterocycles. The van der Waals surface area contributed by atoms with E-state index < -0.39 is 0 Å². The molecular weight excluding hydrogens is 370 g/mol. The smallest absolute Gasteiger partial charge is 0.264 e. The number of carbonyl (C=O) groups excluding carboxylic acids is 3. The Morgan fingerprint density at radius 1 is 1.14 bits per heavy atom. The van der Waals surface area contributed by atoms with Crippen molar-refractivity contribution in [3.8, 4) is 5.75 Å². The number of benzene rings is 2. The van der Waals surface area contributed by atoms with Crippen LogP contribution in [-0.2, 0) is 9.59 Å². The van der Waals surface area contributed by atoms with Crippen LogP contribution in [0.4, 0.5) is 11.4 Å². The van der Waals surface area contributed by atoms with Crippen molar-refractivity contribution in [3.63, 3.8) is 0 Å². The van der Waals surface area contributed by atoms with Gasteiger partial charge in [0.05, 0.1) is 16.9 Å². The van der Waals surface area contributed by atoms with Gasteiger partial charge in [-0.1, -0.05) is 18.2 Å². The SMILES string of the molecule is CN1C(=O)COc2ccc(C(=O)CCC(=O)Nc3cccc4cccnc34)cc21. The van der Waals surface area contributed by atoms with Gasteiger partial charge in [-0.2, -0.15) is 0 Å². The van der Waals surface area contributed by atoms with E-state index in [1.807, 2.05) is 24.3 Å². The van der Waals surface area contributed by atoms with E-state index in [0.717, 1.165) is 5.39 Å². The molecule has 146 valence electrons. The van der Waals surface area contributed by atoms with Gasteiger partial charge in [0, 0.05) is 37.0 Å². The second kappa shape index (κ2) is 7.71. The molecule has 0 spiro atoms. The molecule has 2 amide bonds. The van der Waals surface area contributed by atoms with Crippen molar-refractivity contribution in [2.45, 2.75) is 12.8 Å². The zero-order valence-corrected chi connectivity index (χ0v) is 15.8. The summed E-state index contributed by atoms with van der Waals surface area (Å²) in [5.41, 5.74) is 2.32. The number of ether oxygens (including phenoxy) is 1. The fourth-order valence-corrected chi connectivity index (χ4v) is 3.23. The Bertz CT molecular complexity index is 1120. The first kappa shape index (κ1) is 18.6. The van der Waals surface area contributed by atoms with Gasteiger partial charge in [0.15, 0.2) is 12.4 Å². The molecule has 7 heteroatoms. The molecule has 0 aliphatic carbocycles. The number of rotatable bonds is 5. The lowest BCUT2D eigenvalue weighted by Crippen LogP contribution is -2.35. The molecule has 29 heavy (non-hydrogen) atoms. The van der Waals surface area contributed by atoms with Crippen LogP contribution in [0.5, 0.6) is 5.75 Å². The van der Waals surface area contributed by atoms with Gasteiger partial charge < -0.3 is 15.0 Å². The van der Waals surface area contributed by atoms with Crippen LogP contribution in [0, 0.1) is 0 Å². The third kappa shape index (κ3) is 3.80. The maximum atomic E-state index is 12.6. The van der Waals surface area contributed by atoms with Crippen LogP contribution in [-0.4, -0.2) is 36.2 Å². The first-order valence-corrected chi connectivity index (χ1v) is 9.23. The second-order valence-electron chi connectivity index (χ2n) is 6.78. The van der Waals surface area contributed by atoms with E-state index in [1.165, 1.54) is 4.90 Å². The highest BCUT2D eigenvalue weighted by Crippen LogP contribution is 2.32. The Hall–Kier alpha value is -3.74. The van der Waals surface area contributed by atoms with Gasteiger partial charge >= 0.3 is 0 Å². The number of likely N-dealkylation sites (N-methyl/N-ethyl adjacent to an activating group) is 1. The molecule has 2 heterocycles.